The second-order valence-electron chi connectivity index (χ2n) is 6.53. The number of aliphatic carboxylic acids is 1. The predicted octanol–water partition coefficient (Wildman–Crippen LogP) is 2.98. The van der Waals surface area contributed by atoms with Crippen LogP contribution >= 0.6 is 11.8 Å². The lowest BCUT2D eigenvalue weighted by Gasteiger charge is -2.11. The topological polar surface area (TPSA) is 110 Å². The smallest absolute Gasteiger partial charge is 0.305 e. The normalized spacial score (nSPS) is 17.3. The number of hydrogen-bond acceptors (Lipinski definition) is 7. The molecule has 1 unspecified atom stereocenters. The van der Waals surface area contributed by atoms with Crippen molar-refractivity contribution in [1.29, 1.82) is 0 Å². The molecule has 8 nitrogen and oxygen atoms in total. The summed E-state index contributed by atoms with van der Waals surface area (Å²) < 4.78 is 11.3. The minimum atomic E-state index is -1.04. The Kier molecular flexibility index (Phi) is 7.08. The van der Waals surface area contributed by atoms with E-state index in [0.29, 0.717) is 18.1 Å². The maximum atomic E-state index is 11.7. The molecule has 0 bridgehead atoms. The lowest BCUT2D eigenvalue weighted by atomic mass is 10.2. The number of hydrogen-bond donors (Lipinski definition) is 2. The Labute approximate surface area is 178 Å². The average Bonchev–Trinajstić information content (AvgIpc) is 3.06. The van der Waals surface area contributed by atoms with Gasteiger partial charge >= 0.3 is 5.97 Å². The van der Waals surface area contributed by atoms with Crippen molar-refractivity contribution >= 4 is 35.0 Å². The van der Waals surface area contributed by atoms with E-state index in [1.54, 1.807) is 19.2 Å². The molecule has 0 saturated carbocycles. The van der Waals surface area contributed by atoms with E-state index < -0.39 is 11.2 Å². The lowest BCUT2D eigenvalue weighted by Crippen LogP contribution is -2.26. The summed E-state index contributed by atoms with van der Waals surface area (Å²) in [5, 5.41) is 18.8. The van der Waals surface area contributed by atoms with E-state index in [1.165, 1.54) is 11.8 Å². The summed E-state index contributed by atoms with van der Waals surface area (Å²) in [6, 6.07) is 13.5. The average molecular weight is 427 g/mol. The number of nitrogens with zero attached hydrogens (tertiary/aromatic N) is 2. The molecule has 0 radical (unpaired) electrons. The van der Waals surface area contributed by atoms with E-state index in [0.717, 1.165) is 22.9 Å². The van der Waals surface area contributed by atoms with Gasteiger partial charge in [0.2, 0.25) is 5.91 Å². The number of carbonyl (C=O) groups excluding carboxylic acids is 1. The first-order valence-electron chi connectivity index (χ1n) is 9.11. The summed E-state index contributed by atoms with van der Waals surface area (Å²) in [4.78, 5) is 22.4. The van der Waals surface area contributed by atoms with E-state index in [9.17, 15) is 9.59 Å². The number of nitrogens with one attached hydrogen (secondary N) is 1. The molecule has 0 aliphatic carbocycles. The number of thioether (sulfide) groups is 1. The van der Waals surface area contributed by atoms with E-state index in [2.05, 4.69) is 15.5 Å². The Morgan fingerprint density at radius 2 is 2.00 bits per heavy atom. The molecule has 1 atom stereocenters. The van der Waals surface area contributed by atoms with Gasteiger partial charge in [0.1, 0.15) is 11.9 Å². The van der Waals surface area contributed by atoms with E-state index >= 15 is 0 Å². The Bertz CT molecular complexity index is 989. The zero-order valence-electron chi connectivity index (χ0n) is 16.5. The predicted molar refractivity (Wildman–Crippen MR) is 115 cm³/mol. The van der Waals surface area contributed by atoms with Crippen LogP contribution in [-0.2, 0) is 16.2 Å². The molecule has 0 aromatic heterocycles. The molecule has 156 valence electrons. The van der Waals surface area contributed by atoms with Crippen LogP contribution < -0.4 is 14.8 Å². The van der Waals surface area contributed by atoms with Gasteiger partial charge in [-0.15, -0.1) is 5.10 Å². The van der Waals surface area contributed by atoms with Gasteiger partial charge in [0.25, 0.3) is 0 Å². The Morgan fingerprint density at radius 1 is 1.23 bits per heavy atom. The number of ether oxygens (including phenoxy) is 2. The van der Waals surface area contributed by atoms with Gasteiger partial charge in [-0.1, -0.05) is 41.6 Å². The molecule has 1 heterocycles. The van der Waals surface area contributed by atoms with Crippen molar-refractivity contribution in [3.05, 3.63) is 59.2 Å². The molecule has 9 heteroatoms. The molecule has 0 spiro atoms. The number of carbonyl (C=O) groups is 2. The molecule has 1 amide bonds. The number of methoxy groups -OCH3 is 1. The molecule has 2 N–H and O–H groups in total. The van der Waals surface area contributed by atoms with Gasteiger partial charge in [0, 0.05) is 0 Å². The highest BCUT2D eigenvalue weighted by Crippen LogP contribution is 2.28. The zero-order chi connectivity index (χ0) is 21.5. The van der Waals surface area contributed by atoms with Crippen molar-refractivity contribution < 1.29 is 24.2 Å². The quantitative estimate of drug-likeness (QED) is 0.495. The minimum absolute atomic E-state index is 0.263. The monoisotopic (exact) mass is 427 g/mol. The molecular formula is C21H21N3O5S. The third kappa shape index (κ3) is 5.84. The van der Waals surface area contributed by atoms with E-state index in [1.807, 2.05) is 37.3 Å². The highest BCUT2D eigenvalue weighted by molar-refractivity contribution is 8.15. The van der Waals surface area contributed by atoms with Gasteiger partial charge in [-0.05, 0) is 36.2 Å². The summed E-state index contributed by atoms with van der Waals surface area (Å²) in [6.45, 7) is 2.46. The third-order valence-corrected chi connectivity index (χ3v) is 5.27. The number of rotatable bonds is 8. The SMILES string of the molecule is COc1cc(C=N/N=C2\NC(=O)C(CC(=O)O)S2)ccc1OCc1ccc(C)cc1. The van der Waals surface area contributed by atoms with Crippen LogP contribution in [0, 0.1) is 6.92 Å². The largest absolute Gasteiger partial charge is 0.493 e. The molecule has 2 aromatic carbocycles. The second kappa shape index (κ2) is 9.93. The minimum Gasteiger partial charge on any atom is -0.493 e. The van der Waals surface area contributed by atoms with E-state index in [4.69, 9.17) is 14.6 Å². The second-order valence-corrected chi connectivity index (χ2v) is 7.72. The van der Waals surface area contributed by atoms with Crippen molar-refractivity contribution in [1.82, 2.24) is 5.32 Å². The summed E-state index contributed by atoms with van der Waals surface area (Å²) in [5.74, 6) is -0.252. The van der Waals surface area contributed by atoms with E-state index in [-0.39, 0.29) is 17.5 Å². The number of carboxylic acid groups (broad SMARTS) is 1. The Hall–Kier alpha value is -3.33. The number of aryl methyl sites for hydroxylation is 1. The standard InChI is InChI=1S/C21H21N3O5S/c1-13-3-5-14(6-4-13)12-29-16-8-7-15(9-17(16)28-2)11-22-24-21-23-20(27)18(30-21)10-19(25)26/h3-9,11,18H,10,12H2,1-2H3,(H,25,26)(H,23,24,27). The number of amidine groups is 1. The highest BCUT2D eigenvalue weighted by atomic mass is 32.2. The number of benzene rings is 2. The fourth-order valence-corrected chi connectivity index (χ4v) is 3.54. The molecule has 1 aliphatic heterocycles. The first-order chi connectivity index (χ1) is 14.4. The van der Waals surface area contributed by atoms with Gasteiger partial charge in [-0.25, -0.2) is 0 Å². The van der Waals surface area contributed by atoms with Crippen LogP contribution in [0.4, 0.5) is 0 Å². The van der Waals surface area contributed by atoms with Crippen molar-refractivity contribution in [2.24, 2.45) is 10.2 Å². The summed E-state index contributed by atoms with van der Waals surface area (Å²) in [6.07, 6.45) is 1.25. The maximum absolute atomic E-state index is 11.7. The Balaban J connectivity index is 1.62. The zero-order valence-corrected chi connectivity index (χ0v) is 17.3. The van der Waals surface area contributed by atoms with Gasteiger partial charge in [0.05, 0.1) is 19.7 Å². The fourth-order valence-electron chi connectivity index (χ4n) is 2.62. The molecule has 1 saturated heterocycles. The van der Waals surface area contributed by atoms with Crippen molar-refractivity contribution in [3.63, 3.8) is 0 Å². The van der Waals surface area contributed by atoms with Crippen LogP contribution in [0.2, 0.25) is 0 Å². The molecule has 1 fully saturated rings. The van der Waals surface area contributed by atoms with Crippen molar-refractivity contribution in [2.75, 3.05) is 7.11 Å². The maximum Gasteiger partial charge on any atom is 0.305 e. The molecule has 1 aliphatic rings. The summed E-state index contributed by atoms with van der Waals surface area (Å²) in [7, 11) is 1.56. The summed E-state index contributed by atoms with van der Waals surface area (Å²) in [5.41, 5.74) is 2.98. The molecule has 3 rings (SSSR count). The van der Waals surface area contributed by atoms with Gasteiger partial charge in [-0.3, -0.25) is 9.59 Å². The molecule has 2 aromatic rings. The van der Waals surface area contributed by atoms with Gasteiger partial charge in [0.15, 0.2) is 16.7 Å². The number of amides is 1. The highest BCUT2D eigenvalue weighted by Gasteiger charge is 2.32. The van der Waals surface area contributed by atoms with Crippen LogP contribution in [0.15, 0.2) is 52.7 Å². The Morgan fingerprint density at radius 3 is 2.70 bits per heavy atom. The molecule has 30 heavy (non-hydrogen) atoms. The van der Waals surface area contributed by atoms with Crippen molar-refractivity contribution in [3.8, 4) is 11.5 Å². The van der Waals surface area contributed by atoms with Gasteiger partial charge < -0.3 is 19.9 Å². The van der Waals surface area contributed by atoms with Crippen LogP contribution in [0.25, 0.3) is 0 Å². The lowest BCUT2D eigenvalue weighted by molar-refractivity contribution is -0.138. The molecular weight excluding hydrogens is 406 g/mol. The summed E-state index contributed by atoms with van der Waals surface area (Å²) >= 11 is 1.05. The van der Waals surface area contributed by atoms with Crippen LogP contribution in [0.3, 0.4) is 0 Å². The first-order valence-corrected chi connectivity index (χ1v) is 9.99. The van der Waals surface area contributed by atoms with Crippen molar-refractivity contribution in [2.45, 2.75) is 25.2 Å². The van der Waals surface area contributed by atoms with Crippen LogP contribution in [0.1, 0.15) is 23.1 Å². The third-order valence-electron chi connectivity index (χ3n) is 4.19. The van der Waals surface area contributed by atoms with Crippen LogP contribution in [0.5, 0.6) is 11.5 Å². The number of carboxylic acids is 1. The fraction of sp³-hybridized carbons (Fsp3) is 0.238. The first kappa shape index (κ1) is 21.4. The van der Waals surface area contributed by atoms with Gasteiger partial charge in [-0.2, -0.15) is 5.10 Å². The van der Waals surface area contributed by atoms with Crippen LogP contribution in [-0.4, -0.2) is 40.7 Å².